The summed E-state index contributed by atoms with van der Waals surface area (Å²) in [5.41, 5.74) is 0. The maximum absolute atomic E-state index is 5.74. The first-order valence-corrected chi connectivity index (χ1v) is 7.95. The van der Waals surface area contributed by atoms with Crippen LogP contribution >= 0.6 is 0 Å². The Bertz CT molecular complexity index is 118. The molecule has 0 aromatic heterocycles. The van der Waals surface area contributed by atoms with E-state index in [0.717, 1.165) is 30.8 Å². The van der Waals surface area contributed by atoms with Crippen LogP contribution in [0.2, 0.25) is 4.73 Å². The summed E-state index contributed by atoms with van der Waals surface area (Å²) in [5, 5.41) is 0. The summed E-state index contributed by atoms with van der Waals surface area (Å²) in [6, 6.07) is 0. The third-order valence-corrected chi connectivity index (χ3v) is 4.45. The molecule has 0 unspecified atom stereocenters. The molecular formula is C11H23O2Ti. The zero-order valence-electron chi connectivity index (χ0n) is 9.55. The van der Waals surface area contributed by atoms with E-state index < -0.39 is 18.6 Å². The van der Waals surface area contributed by atoms with Crippen molar-refractivity contribution in [2.75, 3.05) is 13.2 Å². The Morgan fingerprint density at radius 3 is 1.93 bits per heavy atom. The monoisotopic (exact) mass is 235 g/mol. The molecule has 0 heterocycles. The first kappa shape index (κ1) is 14.4. The molecular weight excluding hydrogens is 212 g/mol. The molecule has 0 amide bonds. The summed E-state index contributed by atoms with van der Waals surface area (Å²) in [5.74, 6) is 0. The van der Waals surface area contributed by atoms with Crippen molar-refractivity contribution in [2.45, 2.75) is 44.3 Å². The van der Waals surface area contributed by atoms with Crippen LogP contribution in [0.3, 0.4) is 0 Å². The predicted octanol–water partition coefficient (Wildman–Crippen LogP) is 3.67. The predicted molar refractivity (Wildman–Crippen MR) is 56.7 cm³/mol. The van der Waals surface area contributed by atoms with Gasteiger partial charge in [0.05, 0.1) is 0 Å². The van der Waals surface area contributed by atoms with Gasteiger partial charge in [0.1, 0.15) is 0 Å². The molecule has 0 aromatic carbocycles. The molecule has 0 fully saturated rings. The molecule has 0 atom stereocenters. The van der Waals surface area contributed by atoms with E-state index in [-0.39, 0.29) is 0 Å². The molecule has 0 saturated carbocycles. The topological polar surface area (TPSA) is 18.5 Å². The zero-order chi connectivity index (χ0) is 10.6. The number of unbranched alkanes of at least 4 members (excludes halogenated alkanes) is 2. The van der Waals surface area contributed by atoms with Crippen LogP contribution in [-0.2, 0) is 25.3 Å². The molecule has 0 spiro atoms. The van der Waals surface area contributed by atoms with Gasteiger partial charge in [0.15, 0.2) is 0 Å². The summed E-state index contributed by atoms with van der Waals surface area (Å²) >= 11 is -1.68. The molecule has 0 rings (SSSR count). The normalized spacial score (nSPS) is 10.1. The maximum atomic E-state index is 5.74. The van der Waals surface area contributed by atoms with Crippen LogP contribution in [0, 0.1) is 0 Å². The Balaban J connectivity index is 3.49. The van der Waals surface area contributed by atoms with Gasteiger partial charge in [-0.2, -0.15) is 0 Å². The van der Waals surface area contributed by atoms with Gasteiger partial charge in [-0.05, 0) is 0 Å². The Morgan fingerprint density at radius 1 is 1.07 bits per heavy atom. The molecule has 83 valence electrons. The fourth-order valence-corrected chi connectivity index (χ4v) is 2.97. The Labute approximate surface area is 95.5 Å². The SMILES string of the molecule is C=C[CH2][Ti]([O]CCCC)[O]CCCC. The third-order valence-electron chi connectivity index (χ3n) is 1.83. The van der Waals surface area contributed by atoms with E-state index in [9.17, 15) is 0 Å². The zero-order valence-corrected chi connectivity index (χ0v) is 11.1. The molecule has 0 aliphatic rings. The van der Waals surface area contributed by atoms with Crippen molar-refractivity contribution in [2.24, 2.45) is 0 Å². The van der Waals surface area contributed by atoms with Crippen LogP contribution in [-0.4, -0.2) is 13.2 Å². The van der Waals surface area contributed by atoms with Crippen molar-refractivity contribution < 1.29 is 25.3 Å². The van der Waals surface area contributed by atoms with E-state index >= 15 is 0 Å². The Morgan fingerprint density at radius 2 is 1.57 bits per heavy atom. The van der Waals surface area contributed by atoms with Crippen molar-refractivity contribution in [3.8, 4) is 0 Å². The average molecular weight is 235 g/mol. The van der Waals surface area contributed by atoms with Gasteiger partial charge in [-0.25, -0.2) is 0 Å². The van der Waals surface area contributed by atoms with Crippen LogP contribution in [0.25, 0.3) is 0 Å². The van der Waals surface area contributed by atoms with E-state index in [2.05, 4.69) is 20.4 Å². The Hall–Kier alpha value is 0.374. The molecule has 3 heteroatoms. The molecule has 0 saturated heterocycles. The van der Waals surface area contributed by atoms with Gasteiger partial charge < -0.3 is 0 Å². The van der Waals surface area contributed by atoms with E-state index in [1.54, 1.807) is 0 Å². The number of hydrogen-bond donors (Lipinski definition) is 0. The first-order chi connectivity index (χ1) is 6.85. The summed E-state index contributed by atoms with van der Waals surface area (Å²) in [6.45, 7) is 9.82. The van der Waals surface area contributed by atoms with Gasteiger partial charge in [0.2, 0.25) is 0 Å². The first-order valence-electron chi connectivity index (χ1n) is 5.57. The molecule has 0 radical (unpaired) electrons. The van der Waals surface area contributed by atoms with Crippen LogP contribution in [0.15, 0.2) is 12.7 Å². The second-order valence-electron chi connectivity index (χ2n) is 3.27. The second kappa shape index (κ2) is 11.4. The van der Waals surface area contributed by atoms with Crippen molar-refractivity contribution in [3.63, 3.8) is 0 Å². The van der Waals surface area contributed by atoms with Crippen molar-refractivity contribution >= 4 is 0 Å². The van der Waals surface area contributed by atoms with Crippen molar-refractivity contribution in [1.82, 2.24) is 0 Å². The van der Waals surface area contributed by atoms with Gasteiger partial charge >= 0.3 is 95.4 Å². The van der Waals surface area contributed by atoms with Crippen LogP contribution in [0.1, 0.15) is 39.5 Å². The van der Waals surface area contributed by atoms with Gasteiger partial charge in [-0.15, -0.1) is 0 Å². The van der Waals surface area contributed by atoms with E-state index in [1.165, 1.54) is 12.8 Å². The van der Waals surface area contributed by atoms with Gasteiger partial charge in [-0.3, -0.25) is 0 Å². The van der Waals surface area contributed by atoms with Crippen molar-refractivity contribution in [1.29, 1.82) is 0 Å². The Kier molecular flexibility index (Phi) is 11.8. The molecule has 14 heavy (non-hydrogen) atoms. The van der Waals surface area contributed by atoms with Crippen LogP contribution in [0.4, 0.5) is 0 Å². The number of allylic oxidation sites excluding steroid dienone is 1. The van der Waals surface area contributed by atoms with Crippen LogP contribution < -0.4 is 0 Å². The van der Waals surface area contributed by atoms with E-state index in [1.807, 2.05) is 6.08 Å². The van der Waals surface area contributed by atoms with Crippen LogP contribution in [0.5, 0.6) is 0 Å². The molecule has 0 N–H and O–H groups in total. The molecule has 0 bridgehead atoms. The minimum atomic E-state index is -1.68. The van der Waals surface area contributed by atoms with Crippen molar-refractivity contribution in [3.05, 3.63) is 12.7 Å². The fourth-order valence-electron chi connectivity index (χ4n) is 0.938. The third kappa shape index (κ3) is 8.95. The quantitative estimate of drug-likeness (QED) is 0.327. The summed E-state index contributed by atoms with van der Waals surface area (Å²) in [4.78, 5) is 0. The molecule has 0 aromatic rings. The van der Waals surface area contributed by atoms with E-state index in [0.29, 0.717) is 0 Å². The van der Waals surface area contributed by atoms with E-state index in [4.69, 9.17) is 6.64 Å². The second-order valence-corrected chi connectivity index (χ2v) is 5.97. The van der Waals surface area contributed by atoms with Gasteiger partial charge in [0.25, 0.3) is 0 Å². The number of hydrogen-bond acceptors (Lipinski definition) is 2. The molecule has 0 aliphatic carbocycles. The molecule has 2 nitrogen and oxygen atoms in total. The summed E-state index contributed by atoms with van der Waals surface area (Å²) in [7, 11) is 0. The number of rotatable bonds is 10. The average Bonchev–Trinajstić information content (AvgIpc) is 2.18. The fraction of sp³-hybridized carbons (Fsp3) is 0.818. The minimum absolute atomic E-state index is 0.867. The molecule has 0 aliphatic heterocycles. The summed E-state index contributed by atoms with van der Waals surface area (Å²) in [6.07, 6.45) is 6.59. The summed E-state index contributed by atoms with van der Waals surface area (Å²) < 4.78 is 12.4. The standard InChI is InChI=1S/2C4H9O.C3H5.Ti/c2*1-2-3-4-5;1-3-2;/h2*2-4H2,1H3;3H,1-2H2;/q2*-1;;+2. The van der Waals surface area contributed by atoms with Gasteiger partial charge in [0, 0.05) is 0 Å². The van der Waals surface area contributed by atoms with Gasteiger partial charge in [-0.1, -0.05) is 0 Å².